The van der Waals surface area contributed by atoms with Crippen LogP contribution in [0.5, 0.6) is 0 Å². The monoisotopic (exact) mass is 471 g/mol. The number of carboxylic acid groups (broad SMARTS) is 1. The third-order valence-electron chi connectivity index (χ3n) is 6.45. The molecule has 2 bridgehead atoms. The maximum atomic E-state index is 13.1. The van der Waals surface area contributed by atoms with Crippen molar-refractivity contribution in [2.75, 3.05) is 11.9 Å². The van der Waals surface area contributed by atoms with Crippen LogP contribution >= 0.6 is 11.3 Å². The van der Waals surface area contributed by atoms with Gasteiger partial charge >= 0.3 is 11.9 Å². The lowest BCUT2D eigenvalue weighted by atomic mass is 9.79. The van der Waals surface area contributed by atoms with Gasteiger partial charge in [-0.1, -0.05) is 37.6 Å². The number of fused-ring (bicyclic) bond motifs is 2. The number of nitrogens with one attached hydrogen (secondary N) is 1. The van der Waals surface area contributed by atoms with Gasteiger partial charge in [0.2, 0.25) is 5.91 Å². The molecule has 4 rings (SSSR count). The zero-order valence-corrected chi connectivity index (χ0v) is 19.7. The van der Waals surface area contributed by atoms with Crippen LogP contribution in [0.2, 0.25) is 0 Å². The van der Waals surface area contributed by atoms with E-state index < -0.39 is 41.9 Å². The first-order valence-electron chi connectivity index (χ1n) is 11.5. The largest absolute Gasteiger partial charge is 0.481 e. The Morgan fingerprint density at radius 2 is 1.82 bits per heavy atom. The number of hydrogen-bond acceptors (Lipinski definition) is 6. The number of carbonyl (C=O) groups is 3. The molecule has 8 heteroatoms. The van der Waals surface area contributed by atoms with Crippen LogP contribution in [0, 0.1) is 11.8 Å². The Kier molecular flexibility index (Phi) is 7.14. The van der Waals surface area contributed by atoms with E-state index in [0.29, 0.717) is 29.0 Å². The van der Waals surface area contributed by atoms with Crippen LogP contribution in [0.3, 0.4) is 0 Å². The molecule has 0 spiro atoms. The predicted molar refractivity (Wildman–Crippen MR) is 125 cm³/mol. The molecule has 7 nitrogen and oxygen atoms in total. The fraction of sp³-hybridized carbons (Fsp3) is 0.480. The summed E-state index contributed by atoms with van der Waals surface area (Å²) >= 11 is 1.24. The lowest BCUT2D eigenvalue weighted by Gasteiger charge is -2.23. The Morgan fingerprint density at radius 3 is 2.45 bits per heavy atom. The van der Waals surface area contributed by atoms with Crippen LogP contribution in [0.4, 0.5) is 5.00 Å². The number of benzene rings is 1. The molecular formula is C25H29NO6S. The number of esters is 1. The van der Waals surface area contributed by atoms with Crippen molar-refractivity contribution in [3.05, 3.63) is 40.8 Å². The number of carbonyl (C=O) groups excluding carboxylic acids is 2. The van der Waals surface area contributed by atoms with Crippen LogP contribution in [0.1, 0.15) is 55.5 Å². The SMILES string of the molecule is CCCCc1ccc(-c2csc(NC(=O)[C@@H]3[C@@H](C(=O)O)[C@H]4CC[C@@H]3O4)c2C(=O)OCC)cc1. The minimum absolute atomic E-state index is 0.207. The topological polar surface area (TPSA) is 102 Å². The van der Waals surface area contributed by atoms with Crippen LogP contribution < -0.4 is 5.32 Å². The average Bonchev–Trinajstić information content (AvgIpc) is 3.52. The van der Waals surface area contributed by atoms with Gasteiger partial charge in [0, 0.05) is 10.9 Å². The Labute approximate surface area is 197 Å². The highest BCUT2D eigenvalue weighted by Gasteiger charge is 2.55. The predicted octanol–water partition coefficient (Wildman–Crippen LogP) is 4.75. The number of aryl methyl sites for hydroxylation is 1. The van der Waals surface area contributed by atoms with Crippen LogP contribution in [0.25, 0.3) is 11.1 Å². The number of thiophene rings is 1. The fourth-order valence-electron chi connectivity index (χ4n) is 4.82. The lowest BCUT2D eigenvalue weighted by molar-refractivity contribution is -0.147. The summed E-state index contributed by atoms with van der Waals surface area (Å²) in [5.41, 5.74) is 3.09. The van der Waals surface area contributed by atoms with Gasteiger partial charge in [-0.05, 0) is 43.7 Å². The number of amides is 1. The molecule has 2 N–H and O–H groups in total. The molecule has 2 fully saturated rings. The second-order valence-corrected chi connectivity index (χ2v) is 9.42. The number of hydrogen-bond donors (Lipinski definition) is 2. The van der Waals surface area contributed by atoms with Crippen molar-refractivity contribution in [2.24, 2.45) is 11.8 Å². The lowest BCUT2D eigenvalue weighted by Crippen LogP contribution is -2.41. The molecule has 0 saturated carbocycles. The quantitative estimate of drug-likeness (QED) is 0.512. The fourth-order valence-corrected chi connectivity index (χ4v) is 5.78. The van der Waals surface area contributed by atoms with Crippen LogP contribution in [-0.4, -0.2) is 41.8 Å². The Bertz CT molecular complexity index is 1030. The van der Waals surface area contributed by atoms with Gasteiger partial charge in [-0.3, -0.25) is 9.59 Å². The summed E-state index contributed by atoms with van der Waals surface area (Å²) in [4.78, 5) is 37.8. The van der Waals surface area contributed by atoms with Gasteiger partial charge in [0.1, 0.15) is 10.6 Å². The molecule has 33 heavy (non-hydrogen) atoms. The molecule has 176 valence electrons. The van der Waals surface area contributed by atoms with Crippen molar-refractivity contribution in [1.82, 2.24) is 0 Å². The van der Waals surface area contributed by atoms with Crippen molar-refractivity contribution >= 4 is 34.2 Å². The Morgan fingerprint density at radius 1 is 1.12 bits per heavy atom. The van der Waals surface area contributed by atoms with Gasteiger partial charge in [0.15, 0.2) is 0 Å². The molecule has 1 amide bonds. The summed E-state index contributed by atoms with van der Waals surface area (Å²) in [5.74, 6) is -3.62. The molecule has 1 aromatic carbocycles. The summed E-state index contributed by atoms with van der Waals surface area (Å²) in [5, 5.41) is 14.7. The van der Waals surface area contributed by atoms with E-state index in [-0.39, 0.29) is 6.61 Å². The number of carboxylic acids is 1. The summed E-state index contributed by atoms with van der Waals surface area (Å²) in [6.45, 7) is 4.09. The number of ether oxygens (including phenoxy) is 2. The summed E-state index contributed by atoms with van der Waals surface area (Å²) in [6, 6.07) is 8.07. The smallest absolute Gasteiger partial charge is 0.341 e. The molecule has 3 heterocycles. The number of unbranched alkanes of at least 4 members (excludes halogenated alkanes) is 1. The zero-order valence-electron chi connectivity index (χ0n) is 18.8. The van der Waals surface area contributed by atoms with Gasteiger partial charge in [0.25, 0.3) is 0 Å². The van der Waals surface area contributed by atoms with E-state index in [0.717, 1.165) is 24.8 Å². The molecule has 1 aromatic heterocycles. The maximum absolute atomic E-state index is 13.1. The molecule has 2 saturated heterocycles. The first-order valence-corrected chi connectivity index (χ1v) is 12.4. The number of aliphatic carboxylic acids is 1. The molecule has 0 aliphatic carbocycles. The van der Waals surface area contributed by atoms with Gasteiger partial charge in [-0.25, -0.2) is 4.79 Å². The maximum Gasteiger partial charge on any atom is 0.341 e. The van der Waals surface area contributed by atoms with Crippen molar-refractivity contribution in [3.63, 3.8) is 0 Å². The first-order chi connectivity index (χ1) is 15.9. The van der Waals surface area contributed by atoms with Crippen molar-refractivity contribution in [3.8, 4) is 11.1 Å². The van der Waals surface area contributed by atoms with E-state index in [1.165, 1.54) is 16.9 Å². The van der Waals surface area contributed by atoms with E-state index in [9.17, 15) is 19.5 Å². The van der Waals surface area contributed by atoms with Gasteiger partial charge in [-0.15, -0.1) is 11.3 Å². The third-order valence-corrected chi connectivity index (χ3v) is 7.35. The van der Waals surface area contributed by atoms with Gasteiger partial charge < -0.3 is 19.9 Å². The zero-order chi connectivity index (χ0) is 23.5. The molecular weight excluding hydrogens is 442 g/mol. The first kappa shape index (κ1) is 23.4. The highest BCUT2D eigenvalue weighted by molar-refractivity contribution is 7.15. The summed E-state index contributed by atoms with van der Waals surface area (Å²) < 4.78 is 11.0. The molecule has 0 unspecified atom stereocenters. The summed E-state index contributed by atoms with van der Waals surface area (Å²) in [6.07, 6.45) is 3.72. The highest BCUT2D eigenvalue weighted by Crippen LogP contribution is 2.45. The summed E-state index contributed by atoms with van der Waals surface area (Å²) in [7, 11) is 0. The number of anilines is 1. The molecule has 0 radical (unpaired) electrons. The third kappa shape index (κ3) is 4.68. The minimum Gasteiger partial charge on any atom is -0.481 e. The van der Waals surface area contributed by atoms with Gasteiger partial charge in [-0.2, -0.15) is 0 Å². The second kappa shape index (κ2) is 10.1. The highest BCUT2D eigenvalue weighted by atomic mass is 32.1. The molecule has 2 aromatic rings. The molecule has 2 aliphatic heterocycles. The standard InChI is InChI=1S/C25H29NO6S/c1-3-5-6-14-7-9-15(10-8-14)16-13-33-23(19(16)25(30)31-4-2)26-22(27)20-17-11-12-18(32-17)21(20)24(28)29/h7-10,13,17-18,20-21H,3-6,11-12H2,1-2H3,(H,26,27)(H,28,29)/t17-,18+,20-,21-/m0/s1. The number of rotatable bonds is 9. The normalized spacial score (nSPS) is 23.5. The van der Waals surface area contributed by atoms with Crippen LogP contribution in [-0.2, 0) is 25.5 Å². The van der Waals surface area contributed by atoms with E-state index in [2.05, 4.69) is 24.4 Å². The Balaban J connectivity index is 1.61. The van der Waals surface area contributed by atoms with Crippen molar-refractivity contribution < 1.29 is 29.0 Å². The second-order valence-electron chi connectivity index (χ2n) is 8.54. The van der Waals surface area contributed by atoms with Gasteiger partial charge in [0.05, 0.1) is 30.7 Å². The van der Waals surface area contributed by atoms with E-state index in [1.807, 2.05) is 17.5 Å². The molecule has 4 atom stereocenters. The van der Waals surface area contributed by atoms with E-state index >= 15 is 0 Å². The van der Waals surface area contributed by atoms with Crippen LogP contribution in [0.15, 0.2) is 29.6 Å². The van der Waals surface area contributed by atoms with Crippen molar-refractivity contribution in [2.45, 2.75) is 58.2 Å². The average molecular weight is 472 g/mol. The minimum atomic E-state index is -1.03. The molecule has 2 aliphatic rings. The van der Waals surface area contributed by atoms with E-state index in [4.69, 9.17) is 9.47 Å². The van der Waals surface area contributed by atoms with Crippen molar-refractivity contribution in [1.29, 1.82) is 0 Å². The Hall–Kier alpha value is -2.71. The van der Waals surface area contributed by atoms with E-state index in [1.54, 1.807) is 6.92 Å².